The standard InChI is InChI=1S/C21H19NO3/c1-3-25-19(23)14-13-18-20(15-9-5-4-6-10-15)16-11-7-8-12-17(16)21(24)22(18)2/h4-14H,3H2,1-2H3. The van der Waals surface area contributed by atoms with Gasteiger partial charge in [-0.15, -0.1) is 0 Å². The Morgan fingerprint density at radius 1 is 1.04 bits per heavy atom. The molecule has 0 unspecified atom stereocenters. The molecule has 1 aromatic heterocycles. The van der Waals surface area contributed by atoms with Crippen LogP contribution in [0.3, 0.4) is 0 Å². The summed E-state index contributed by atoms with van der Waals surface area (Å²) >= 11 is 0. The first-order valence-corrected chi connectivity index (χ1v) is 8.15. The summed E-state index contributed by atoms with van der Waals surface area (Å²) in [6.45, 7) is 2.07. The highest BCUT2D eigenvalue weighted by molar-refractivity contribution is 6.00. The Morgan fingerprint density at radius 3 is 2.36 bits per heavy atom. The third-order valence-corrected chi connectivity index (χ3v) is 4.08. The molecule has 1 heterocycles. The van der Waals surface area contributed by atoms with Crippen molar-refractivity contribution in [2.45, 2.75) is 6.92 Å². The van der Waals surface area contributed by atoms with Crippen LogP contribution in [0.15, 0.2) is 65.5 Å². The molecule has 25 heavy (non-hydrogen) atoms. The fourth-order valence-electron chi connectivity index (χ4n) is 2.92. The smallest absolute Gasteiger partial charge is 0.330 e. The quantitative estimate of drug-likeness (QED) is 0.539. The zero-order valence-corrected chi connectivity index (χ0v) is 14.2. The first-order valence-electron chi connectivity index (χ1n) is 8.15. The lowest BCUT2D eigenvalue weighted by Gasteiger charge is -2.15. The number of ether oxygens (including phenoxy) is 1. The molecular weight excluding hydrogens is 314 g/mol. The third kappa shape index (κ3) is 3.24. The summed E-state index contributed by atoms with van der Waals surface area (Å²) in [4.78, 5) is 24.4. The zero-order chi connectivity index (χ0) is 17.8. The SMILES string of the molecule is CCOC(=O)C=Cc1c(-c2ccccc2)c2ccccc2c(=O)n1C. The van der Waals surface area contributed by atoms with Gasteiger partial charge in [0.2, 0.25) is 0 Å². The molecule has 3 aromatic rings. The Hall–Kier alpha value is -3.14. The molecule has 0 aliphatic heterocycles. The number of carbonyl (C=O) groups excluding carboxylic acids is 1. The van der Waals surface area contributed by atoms with Gasteiger partial charge in [0.05, 0.1) is 12.3 Å². The Kier molecular flexibility index (Phi) is 4.80. The molecule has 0 fully saturated rings. The number of nitrogens with zero attached hydrogens (tertiary/aromatic N) is 1. The molecule has 0 aliphatic rings. The van der Waals surface area contributed by atoms with E-state index < -0.39 is 5.97 Å². The van der Waals surface area contributed by atoms with E-state index in [4.69, 9.17) is 4.74 Å². The van der Waals surface area contributed by atoms with Crippen molar-refractivity contribution in [2.75, 3.05) is 6.61 Å². The van der Waals surface area contributed by atoms with Gasteiger partial charge in [-0.2, -0.15) is 0 Å². The molecule has 0 atom stereocenters. The number of esters is 1. The van der Waals surface area contributed by atoms with Gasteiger partial charge >= 0.3 is 5.97 Å². The van der Waals surface area contributed by atoms with Crippen LogP contribution >= 0.6 is 0 Å². The maximum atomic E-state index is 12.7. The first-order chi connectivity index (χ1) is 12.1. The minimum absolute atomic E-state index is 0.0983. The number of fused-ring (bicyclic) bond motifs is 1. The lowest BCUT2D eigenvalue weighted by atomic mass is 9.96. The van der Waals surface area contributed by atoms with Gasteiger partial charge in [-0.05, 0) is 30.0 Å². The molecule has 0 N–H and O–H groups in total. The van der Waals surface area contributed by atoms with Crippen molar-refractivity contribution >= 4 is 22.8 Å². The molecule has 0 spiro atoms. The summed E-state index contributed by atoms with van der Waals surface area (Å²) in [5.74, 6) is -0.429. The van der Waals surface area contributed by atoms with Crippen LogP contribution in [0.25, 0.3) is 28.0 Å². The lowest BCUT2D eigenvalue weighted by molar-refractivity contribution is -0.137. The van der Waals surface area contributed by atoms with Crippen LogP contribution in [0.2, 0.25) is 0 Å². The number of aromatic nitrogens is 1. The molecule has 4 nitrogen and oxygen atoms in total. The number of hydrogen-bond acceptors (Lipinski definition) is 3. The maximum Gasteiger partial charge on any atom is 0.330 e. The van der Waals surface area contributed by atoms with E-state index in [0.29, 0.717) is 17.7 Å². The Morgan fingerprint density at radius 2 is 1.68 bits per heavy atom. The fraction of sp³-hybridized carbons (Fsp3) is 0.143. The van der Waals surface area contributed by atoms with E-state index >= 15 is 0 Å². The summed E-state index contributed by atoms with van der Waals surface area (Å²) in [5.41, 5.74) is 2.47. The van der Waals surface area contributed by atoms with E-state index in [2.05, 4.69) is 0 Å². The van der Waals surface area contributed by atoms with Gasteiger partial charge in [0.15, 0.2) is 0 Å². The van der Waals surface area contributed by atoms with Crippen molar-refractivity contribution in [3.05, 3.63) is 76.7 Å². The molecule has 0 saturated carbocycles. The minimum Gasteiger partial charge on any atom is -0.463 e. The minimum atomic E-state index is -0.429. The van der Waals surface area contributed by atoms with Crippen LogP contribution in [-0.2, 0) is 16.6 Å². The van der Waals surface area contributed by atoms with Gasteiger partial charge in [-0.1, -0.05) is 48.5 Å². The maximum absolute atomic E-state index is 12.7. The van der Waals surface area contributed by atoms with E-state index in [-0.39, 0.29) is 5.56 Å². The van der Waals surface area contributed by atoms with E-state index in [9.17, 15) is 9.59 Å². The molecule has 0 bridgehead atoms. The number of pyridine rings is 1. The Bertz CT molecular complexity index is 1000. The summed E-state index contributed by atoms with van der Waals surface area (Å²) in [6, 6.07) is 17.4. The topological polar surface area (TPSA) is 48.3 Å². The highest BCUT2D eigenvalue weighted by atomic mass is 16.5. The van der Waals surface area contributed by atoms with Gasteiger partial charge < -0.3 is 9.30 Å². The number of hydrogen-bond donors (Lipinski definition) is 0. The van der Waals surface area contributed by atoms with Crippen LogP contribution in [0.1, 0.15) is 12.6 Å². The monoisotopic (exact) mass is 333 g/mol. The van der Waals surface area contributed by atoms with Crippen molar-refractivity contribution in [1.29, 1.82) is 0 Å². The molecule has 126 valence electrons. The van der Waals surface area contributed by atoms with Crippen LogP contribution in [0.4, 0.5) is 0 Å². The largest absolute Gasteiger partial charge is 0.463 e. The van der Waals surface area contributed by atoms with Crippen molar-refractivity contribution in [2.24, 2.45) is 7.05 Å². The second kappa shape index (κ2) is 7.18. The highest BCUT2D eigenvalue weighted by Crippen LogP contribution is 2.31. The van der Waals surface area contributed by atoms with Crippen LogP contribution in [0, 0.1) is 0 Å². The van der Waals surface area contributed by atoms with Gasteiger partial charge in [-0.25, -0.2) is 4.79 Å². The van der Waals surface area contributed by atoms with Crippen molar-refractivity contribution in [3.63, 3.8) is 0 Å². The van der Waals surface area contributed by atoms with Gasteiger partial charge in [0.1, 0.15) is 0 Å². The number of rotatable bonds is 4. The second-order valence-corrected chi connectivity index (χ2v) is 5.62. The molecule has 4 heteroatoms. The molecule has 0 amide bonds. The normalized spacial score (nSPS) is 11.1. The Balaban J connectivity index is 2.33. The van der Waals surface area contributed by atoms with E-state index in [1.807, 2.05) is 54.6 Å². The highest BCUT2D eigenvalue weighted by Gasteiger charge is 2.14. The molecule has 0 aliphatic carbocycles. The van der Waals surface area contributed by atoms with Crippen molar-refractivity contribution in [1.82, 2.24) is 4.57 Å². The molecule has 0 radical (unpaired) electrons. The van der Waals surface area contributed by atoms with Crippen molar-refractivity contribution < 1.29 is 9.53 Å². The molecule has 2 aromatic carbocycles. The first kappa shape index (κ1) is 16.7. The summed E-state index contributed by atoms with van der Waals surface area (Å²) in [7, 11) is 1.71. The molecular formula is C21H19NO3. The van der Waals surface area contributed by atoms with Crippen LogP contribution in [0.5, 0.6) is 0 Å². The van der Waals surface area contributed by atoms with Crippen molar-refractivity contribution in [3.8, 4) is 11.1 Å². The predicted molar refractivity (Wildman–Crippen MR) is 100 cm³/mol. The summed E-state index contributed by atoms with van der Waals surface area (Å²) < 4.78 is 6.52. The summed E-state index contributed by atoms with van der Waals surface area (Å²) in [6.07, 6.45) is 3.01. The van der Waals surface area contributed by atoms with Crippen LogP contribution < -0.4 is 5.56 Å². The van der Waals surface area contributed by atoms with E-state index in [0.717, 1.165) is 16.5 Å². The zero-order valence-electron chi connectivity index (χ0n) is 14.2. The average molecular weight is 333 g/mol. The second-order valence-electron chi connectivity index (χ2n) is 5.62. The third-order valence-electron chi connectivity index (χ3n) is 4.08. The molecule has 3 rings (SSSR count). The van der Waals surface area contributed by atoms with Gasteiger partial charge in [0, 0.05) is 24.1 Å². The lowest BCUT2D eigenvalue weighted by Crippen LogP contribution is -2.20. The summed E-state index contributed by atoms with van der Waals surface area (Å²) in [5, 5.41) is 1.51. The predicted octanol–water partition coefficient (Wildman–Crippen LogP) is 3.78. The van der Waals surface area contributed by atoms with E-state index in [1.54, 1.807) is 24.6 Å². The van der Waals surface area contributed by atoms with Crippen LogP contribution in [-0.4, -0.2) is 17.1 Å². The molecule has 0 saturated heterocycles. The van der Waals surface area contributed by atoms with E-state index in [1.165, 1.54) is 6.08 Å². The fourth-order valence-corrected chi connectivity index (χ4v) is 2.92. The number of carbonyl (C=O) groups is 1. The Labute approximate surface area is 146 Å². The van der Waals surface area contributed by atoms with Gasteiger partial charge in [-0.3, -0.25) is 4.79 Å². The average Bonchev–Trinajstić information content (AvgIpc) is 2.64. The number of benzene rings is 2. The van der Waals surface area contributed by atoms with Gasteiger partial charge in [0.25, 0.3) is 5.56 Å².